The predicted molar refractivity (Wildman–Crippen MR) is 76.1 cm³/mol. The molecule has 0 atom stereocenters. The Morgan fingerprint density at radius 2 is 2.00 bits per heavy atom. The summed E-state index contributed by atoms with van der Waals surface area (Å²) in [6.07, 6.45) is 8.85. The molecule has 1 aromatic heterocycles. The zero-order chi connectivity index (χ0) is 13.3. The Kier molecular flexibility index (Phi) is 6.08. The average molecular weight is 263 g/mol. The summed E-state index contributed by atoms with van der Waals surface area (Å²) in [5.41, 5.74) is 0.988. The SMILES string of the molecule is CCCCCCCOc1ccc(CNC2CC2)nn1. The van der Waals surface area contributed by atoms with Crippen molar-refractivity contribution in [1.29, 1.82) is 0 Å². The van der Waals surface area contributed by atoms with E-state index >= 15 is 0 Å². The van der Waals surface area contributed by atoms with Crippen LogP contribution in [0.25, 0.3) is 0 Å². The van der Waals surface area contributed by atoms with Gasteiger partial charge in [-0.15, -0.1) is 5.10 Å². The molecular formula is C15H25N3O. The first-order valence-electron chi connectivity index (χ1n) is 7.57. The lowest BCUT2D eigenvalue weighted by atomic mass is 10.2. The summed E-state index contributed by atoms with van der Waals surface area (Å²) in [5.74, 6) is 0.644. The summed E-state index contributed by atoms with van der Waals surface area (Å²) in [6, 6.07) is 4.62. The van der Waals surface area contributed by atoms with Gasteiger partial charge in [0.15, 0.2) is 0 Å². The Bertz CT molecular complexity index is 349. The van der Waals surface area contributed by atoms with E-state index in [2.05, 4.69) is 22.4 Å². The molecule has 0 amide bonds. The summed E-state index contributed by atoms with van der Waals surface area (Å²) in [7, 11) is 0. The van der Waals surface area contributed by atoms with Gasteiger partial charge in [-0.2, -0.15) is 5.10 Å². The number of aromatic nitrogens is 2. The molecule has 0 aromatic carbocycles. The van der Waals surface area contributed by atoms with Crippen LogP contribution in [0.2, 0.25) is 0 Å². The van der Waals surface area contributed by atoms with Gasteiger partial charge >= 0.3 is 0 Å². The highest BCUT2D eigenvalue weighted by Gasteiger charge is 2.20. The molecule has 2 rings (SSSR count). The lowest BCUT2D eigenvalue weighted by molar-refractivity contribution is 0.289. The van der Waals surface area contributed by atoms with Crippen molar-refractivity contribution in [1.82, 2.24) is 15.5 Å². The highest BCUT2D eigenvalue weighted by atomic mass is 16.5. The minimum Gasteiger partial charge on any atom is -0.477 e. The fraction of sp³-hybridized carbons (Fsp3) is 0.733. The van der Waals surface area contributed by atoms with Crippen molar-refractivity contribution in [3.8, 4) is 5.88 Å². The smallest absolute Gasteiger partial charge is 0.233 e. The minimum atomic E-state index is 0.644. The van der Waals surface area contributed by atoms with Crippen LogP contribution in [0.4, 0.5) is 0 Å². The van der Waals surface area contributed by atoms with Gasteiger partial charge in [0.05, 0.1) is 12.3 Å². The number of unbranched alkanes of at least 4 members (excludes halogenated alkanes) is 4. The minimum absolute atomic E-state index is 0.644. The monoisotopic (exact) mass is 263 g/mol. The molecule has 1 saturated carbocycles. The molecule has 0 saturated heterocycles. The van der Waals surface area contributed by atoms with E-state index in [1.54, 1.807) is 0 Å². The first-order valence-corrected chi connectivity index (χ1v) is 7.57. The largest absolute Gasteiger partial charge is 0.477 e. The van der Waals surface area contributed by atoms with E-state index in [-0.39, 0.29) is 0 Å². The number of rotatable bonds is 10. The van der Waals surface area contributed by atoms with E-state index < -0.39 is 0 Å². The fourth-order valence-corrected chi connectivity index (χ4v) is 1.94. The highest BCUT2D eigenvalue weighted by molar-refractivity contribution is 5.11. The van der Waals surface area contributed by atoms with Gasteiger partial charge in [0, 0.05) is 18.7 Å². The van der Waals surface area contributed by atoms with Crippen LogP contribution in [-0.2, 0) is 6.54 Å². The molecule has 0 aliphatic heterocycles. The second kappa shape index (κ2) is 8.10. The van der Waals surface area contributed by atoms with Gasteiger partial charge in [-0.3, -0.25) is 0 Å². The molecule has 4 heteroatoms. The van der Waals surface area contributed by atoms with Gasteiger partial charge in [0.25, 0.3) is 0 Å². The van der Waals surface area contributed by atoms with E-state index in [0.717, 1.165) is 25.3 Å². The van der Waals surface area contributed by atoms with Gasteiger partial charge in [-0.05, 0) is 25.3 Å². The van der Waals surface area contributed by atoms with E-state index in [4.69, 9.17) is 4.74 Å². The molecule has 1 aromatic rings. The predicted octanol–water partition coefficient (Wildman–Crippen LogP) is 3.08. The summed E-state index contributed by atoms with van der Waals surface area (Å²) in [4.78, 5) is 0. The molecule has 0 spiro atoms. The number of nitrogens with zero attached hydrogens (tertiary/aromatic N) is 2. The maximum atomic E-state index is 5.59. The molecule has 4 nitrogen and oxygen atoms in total. The van der Waals surface area contributed by atoms with E-state index in [0.29, 0.717) is 11.9 Å². The Labute approximate surface area is 116 Å². The van der Waals surface area contributed by atoms with Crippen molar-refractivity contribution in [2.24, 2.45) is 0 Å². The maximum absolute atomic E-state index is 5.59. The number of nitrogens with one attached hydrogen (secondary N) is 1. The van der Waals surface area contributed by atoms with Crippen molar-refractivity contribution in [3.63, 3.8) is 0 Å². The Morgan fingerprint density at radius 3 is 2.68 bits per heavy atom. The van der Waals surface area contributed by atoms with Gasteiger partial charge < -0.3 is 10.1 Å². The van der Waals surface area contributed by atoms with Crippen LogP contribution in [0.3, 0.4) is 0 Å². The Morgan fingerprint density at radius 1 is 1.16 bits per heavy atom. The van der Waals surface area contributed by atoms with Crippen LogP contribution in [0.1, 0.15) is 57.6 Å². The van der Waals surface area contributed by atoms with Crippen LogP contribution < -0.4 is 10.1 Å². The second-order valence-corrected chi connectivity index (χ2v) is 5.28. The van der Waals surface area contributed by atoms with Gasteiger partial charge in [0.2, 0.25) is 5.88 Å². The third-order valence-electron chi connectivity index (χ3n) is 3.34. The highest BCUT2D eigenvalue weighted by Crippen LogP contribution is 2.19. The van der Waals surface area contributed by atoms with Gasteiger partial charge in [-0.1, -0.05) is 32.6 Å². The first kappa shape index (κ1) is 14.3. The van der Waals surface area contributed by atoms with E-state index in [1.807, 2.05) is 12.1 Å². The molecule has 0 bridgehead atoms. The number of ether oxygens (including phenoxy) is 1. The average Bonchev–Trinajstić information content (AvgIpc) is 3.26. The molecule has 106 valence electrons. The van der Waals surface area contributed by atoms with Crippen molar-refractivity contribution in [3.05, 3.63) is 17.8 Å². The Hall–Kier alpha value is -1.16. The maximum Gasteiger partial charge on any atom is 0.233 e. The van der Waals surface area contributed by atoms with Crippen molar-refractivity contribution in [2.45, 2.75) is 64.5 Å². The summed E-state index contributed by atoms with van der Waals surface area (Å²) in [5, 5.41) is 11.7. The van der Waals surface area contributed by atoms with Crippen LogP contribution in [0.15, 0.2) is 12.1 Å². The molecule has 19 heavy (non-hydrogen) atoms. The third kappa shape index (κ3) is 6.01. The topological polar surface area (TPSA) is 47.0 Å². The first-order chi connectivity index (χ1) is 9.38. The molecule has 1 heterocycles. The van der Waals surface area contributed by atoms with Crippen LogP contribution in [0.5, 0.6) is 5.88 Å². The molecule has 1 aliphatic carbocycles. The second-order valence-electron chi connectivity index (χ2n) is 5.28. The Balaban J connectivity index is 1.58. The zero-order valence-electron chi connectivity index (χ0n) is 11.9. The normalized spacial score (nSPS) is 14.6. The number of hydrogen-bond acceptors (Lipinski definition) is 4. The van der Waals surface area contributed by atoms with Crippen LogP contribution in [-0.4, -0.2) is 22.8 Å². The molecule has 1 fully saturated rings. The lowest BCUT2D eigenvalue weighted by Crippen LogP contribution is -2.16. The number of hydrogen-bond donors (Lipinski definition) is 1. The quantitative estimate of drug-likeness (QED) is 0.659. The summed E-state index contributed by atoms with van der Waals surface area (Å²) >= 11 is 0. The van der Waals surface area contributed by atoms with Crippen LogP contribution >= 0.6 is 0 Å². The lowest BCUT2D eigenvalue weighted by Gasteiger charge is -2.05. The summed E-state index contributed by atoms with van der Waals surface area (Å²) < 4.78 is 5.59. The summed E-state index contributed by atoms with van der Waals surface area (Å²) in [6.45, 7) is 3.79. The van der Waals surface area contributed by atoms with Crippen molar-refractivity contribution in [2.75, 3.05) is 6.61 Å². The van der Waals surface area contributed by atoms with Gasteiger partial charge in [-0.25, -0.2) is 0 Å². The third-order valence-corrected chi connectivity index (χ3v) is 3.34. The fourth-order valence-electron chi connectivity index (χ4n) is 1.94. The molecule has 0 radical (unpaired) electrons. The standard InChI is InChI=1S/C15H25N3O/c1-2-3-4-5-6-11-19-15-10-9-14(17-18-15)12-16-13-7-8-13/h9-10,13,16H,2-8,11-12H2,1H3. The molecule has 1 N–H and O–H groups in total. The molecular weight excluding hydrogens is 238 g/mol. The zero-order valence-corrected chi connectivity index (χ0v) is 11.9. The van der Waals surface area contributed by atoms with Crippen LogP contribution in [0, 0.1) is 0 Å². The van der Waals surface area contributed by atoms with Crippen molar-refractivity contribution < 1.29 is 4.74 Å². The molecule has 1 aliphatic rings. The van der Waals surface area contributed by atoms with Gasteiger partial charge in [0.1, 0.15) is 0 Å². The molecule has 0 unspecified atom stereocenters. The van der Waals surface area contributed by atoms with E-state index in [9.17, 15) is 0 Å². The van der Waals surface area contributed by atoms with E-state index in [1.165, 1.54) is 38.5 Å². The van der Waals surface area contributed by atoms with Crippen molar-refractivity contribution >= 4 is 0 Å².